The van der Waals surface area contributed by atoms with Gasteiger partial charge in [-0.1, -0.05) is 25.1 Å². The van der Waals surface area contributed by atoms with Crippen molar-refractivity contribution in [3.63, 3.8) is 0 Å². The molecule has 0 aliphatic carbocycles. The van der Waals surface area contributed by atoms with Gasteiger partial charge in [0.05, 0.1) is 6.04 Å². The standard InChI is InChI=1S/C29H31FN4O4S/c1-3-27(36)34-11-10-20-6-9-23(16-24(20)28(34)21-4-7-22(30)8-5-21)38-17-26-31-25(18-39-26)29(37)33-14-12-32(13-15-33)19(2)35/h4-9,16,18,28H,3,10-15,17H2,1-2H3/t28-/m0/s1. The fourth-order valence-corrected chi connectivity index (χ4v) is 5.85. The van der Waals surface area contributed by atoms with Crippen LogP contribution in [0.15, 0.2) is 47.8 Å². The quantitative estimate of drug-likeness (QED) is 0.463. The first-order valence-corrected chi connectivity index (χ1v) is 14.0. The van der Waals surface area contributed by atoms with E-state index in [2.05, 4.69) is 4.98 Å². The van der Waals surface area contributed by atoms with E-state index in [9.17, 15) is 18.8 Å². The molecule has 1 saturated heterocycles. The molecule has 0 spiro atoms. The first-order chi connectivity index (χ1) is 18.8. The van der Waals surface area contributed by atoms with Crippen LogP contribution in [-0.4, -0.2) is 70.1 Å². The fourth-order valence-electron chi connectivity index (χ4n) is 5.17. The molecular formula is C29H31FN4O4S. The highest BCUT2D eigenvalue weighted by atomic mass is 32.1. The number of thiazole rings is 1. The van der Waals surface area contributed by atoms with Gasteiger partial charge in [-0.05, 0) is 47.4 Å². The number of benzene rings is 2. The number of ether oxygens (including phenoxy) is 1. The van der Waals surface area contributed by atoms with Crippen LogP contribution in [0.4, 0.5) is 4.39 Å². The molecule has 2 aliphatic heterocycles. The Morgan fingerprint density at radius 2 is 1.74 bits per heavy atom. The van der Waals surface area contributed by atoms with E-state index < -0.39 is 0 Å². The average molecular weight is 551 g/mol. The van der Waals surface area contributed by atoms with Crippen LogP contribution >= 0.6 is 11.3 Å². The van der Waals surface area contributed by atoms with Crippen molar-refractivity contribution >= 4 is 29.1 Å². The number of aromatic nitrogens is 1. The van der Waals surface area contributed by atoms with Gasteiger partial charge in [-0.25, -0.2) is 9.37 Å². The zero-order chi connectivity index (χ0) is 27.5. The number of halogens is 1. The van der Waals surface area contributed by atoms with E-state index in [0.29, 0.717) is 55.6 Å². The Morgan fingerprint density at radius 1 is 1.03 bits per heavy atom. The van der Waals surface area contributed by atoms with Crippen LogP contribution in [0.25, 0.3) is 0 Å². The van der Waals surface area contributed by atoms with Crippen LogP contribution in [0.5, 0.6) is 5.75 Å². The monoisotopic (exact) mass is 550 g/mol. The third kappa shape index (κ3) is 5.80. The first-order valence-electron chi connectivity index (χ1n) is 13.1. The van der Waals surface area contributed by atoms with E-state index in [1.165, 1.54) is 30.4 Å². The van der Waals surface area contributed by atoms with Gasteiger partial charge in [-0.2, -0.15) is 0 Å². The van der Waals surface area contributed by atoms with Crippen LogP contribution in [0.3, 0.4) is 0 Å². The van der Waals surface area contributed by atoms with Crippen LogP contribution in [0, 0.1) is 5.82 Å². The highest BCUT2D eigenvalue weighted by Crippen LogP contribution is 2.37. The van der Waals surface area contributed by atoms with E-state index in [-0.39, 0.29) is 36.2 Å². The molecule has 1 aromatic heterocycles. The predicted octanol–water partition coefficient (Wildman–Crippen LogP) is 4.05. The summed E-state index contributed by atoms with van der Waals surface area (Å²) < 4.78 is 19.7. The summed E-state index contributed by atoms with van der Waals surface area (Å²) in [4.78, 5) is 47.1. The minimum Gasteiger partial charge on any atom is -0.486 e. The SMILES string of the molecule is CCC(=O)N1CCc2ccc(OCc3nc(C(=O)N4CCN(C(C)=O)CC4)cs3)cc2[C@@H]1c1ccc(F)cc1. The zero-order valence-electron chi connectivity index (χ0n) is 22.1. The van der Waals surface area contributed by atoms with Crippen molar-refractivity contribution in [1.82, 2.24) is 19.7 Å². The summed E-state index contributed by atoms with van der Waals surface area (Å²) in [6, 6.07) is 11.9. The summed E-state index contributed by atoms with van der Waals surface area (Å²) in [6.45, 7) is 6.22. The second-order valence-corrected chi connectivity index (χ2v) is 10.7. The lowest BCUT2D eigenvalue weighted by molar-refractivity contribution is -0.133. The van der Waals surface area contributed by atoms with Crippen molar-refractivity contribution in [3.8, 4) is 5.75 Å². The van der Waals surface area contributed by atoms with Gasteiger partial charge in [-0.3, -0.25) is 14.4 Å². The van der Waals surface area contributed by atoms with E-state index in [0.717, 1.165) is 23.1 Å². The molecule has 2 aromatic carbocycles. The Kier molecular flexibility index (Phi) is 7.92. The third-order valence-corrected chi connectivity index (χ3v) is 8.12. The summed E-state index contributed by atoms with van der Waals surface area (Å²) in [5.74, 6) is 0.238. The van der Waals surface area contributed by atoms with E-state index in [1.54, 1.807) is 27.3 Å². The Bertz CT molecular complexity index is 1370. The van der Waals surface area contributed by atoms with Crippen LogP contribution in [0.2, 0.25) is 0 Å². The maximum Gasteiger partial charge on any atom is 0.273 e. The second-order valence-electron chi connectivity index (χ2n) is 9.72. The maximum atomic E-state index is 13.7. The second kappa shape index (κ2) is 11.5. The molecule has 0 radical (unpaired) electrons. The summed E-state index contributed by atoms with van der Waals surface area (Å²) in [7, 11) is 0. The van der Waals surface area contributed by atoms with Crippen molar-refractivity contribution < 1.29 is 23.5 Å². The van der Waals surface area contributed by atoms with Gasteiger partial charge < -0.3 is 19.4 Å². The van der Waals surface area contributed by atoms with Gasteiger partial charge in [0.15, 0.2) is 0 Å². The highest BCUT2D eigenvalue weighted by Gasteiger charge is 2.32. The Labute approximate surface area is 231 Å². The zero-order valence-corrected chi connectivity index (χ0v) is 22.9. The molecule has 8 nitrogen and oxygen atoms in total. The molecule has 3 amide bonds. The van der Waals surface area contributed by atoms with Crippen LogP contribution < -0.4 is 4.74 Å². The molecule has 0 unspecified atom stereocenters. The molecule has 204 valence electrons. The third-order valence-electron chi connectivity index (χ3n) is 7.30. The number of carbonyl (C=O) groups is 3. The summed E-state index contributed by atoms with van der Waals surface area (Å²) in [5.41, 5.74) is 3.32. The topological polar surface area (TPSA) is 83.1 Å². The molecule has 10 heteroatoms. The van der Waals surface area contributed by atoms with Crippen molar-refractivity contribution in [2.24, 2.45) is 0 Å². The molecule has 0 saturated carbocycles. The van der Waals surface area contributed by atoms with E-state index in [4.69, 9.17) is 4.74 Å². The lowest BCUT2D eigenvalue weighted by atomic mass is 9.87. The number of amides is 3. The van der Waals surface area contributed by atoms with Gasteiger partial charge in [0.25, 0.3) is 5.91 Å². The summed E-state index contributed by atoms with van der Waals surface area (Å²) in [5, 5.41) is 2.42. The minimum absolute atomic E-state index is 0.0195. The van der Waals surface area contributed by atoms with Crippen molar-refractivity contribution in [2.75, 3.05) is 32.7 Å². The van der Waals surface area contributed by atoms with Gasteiger partial charge >= 0.3 is 0 Å². The highest BCUT2D eigenvalue weighted by molar-refractivity contribution is 7.09. The Morgan fingerprint density at radius 3 is 2.44 bits per heavy atom. The molecule has 3 aromatic rings. The number of rotatable bonds is 6. The average Bonchev–Trinajstić information content (AvgIpc) is 3.44. The smallest absolute Gasteiger partial charge is 0.273 e. The van der Waals surface area contributed by atoms with Crippen molar-refractivity contribution in [3.05, 3.63) is 81.1 Å². The lowest BCUT2D eigenvalue weighted by Crippen LogP contribution is -2.50. The number of hydrogen-bond acceptors (Lipinski definition) is 6. The van der Waals surface area contributed by atoms with Crippen molar-refractivity contribution in [1.29, 1.82) is 0 Å². The van der Waals surface area contributed by atoms with E-state index >= 15 is 0 Å². The normalized spacial score (nSPS) is 17.1. The van der Waals surface area contributed by atoms with Crippen LogP contribution in [0.1, 0.15) is 58.5 Å². The fraction of sp³-hybridized carbons (Fsp3) is 0.379. The summed E-state index contributed by atoms with van der Waals surface area (Å²) >= 11 is 1.36. The summed E-state index contributed by atoms with van der Waals surface area (Å²) in [6.07, 6.45) is 1.12. The number of carbonyl (C=O) groups excluding carboxylic acids is 3. The number of hydrogen-bond donors (Lipinski definition) is 0. The number of piperazine rings is 1. The molecule has 2 aliphatic rings. The Balaban J connectivity index is 1.29. The molecule has 0 bridgehead atoms. The molecular weight excluding hydrogens is 519 g/mol. The number of nitrogens with zero attached hydrogens (tertiary/aromatic N) is 4. The predicted molar refractivity (Wildman–Crippen MR) is 145 cm³/mol. The molecule has 1 atom stereocenters. The van der Waals surface area contributed by atoms with E-state index in [1.807, 2.05) is 30.0 Å². The van der Waals surface area contributed by atoms with Crippen molar-refractivity contribution in [2.45, 2.75) is 39.3 Å². The largest absolute Gasteiger partial charge is 0.486 e. The maximum absolute atomic E-state index is 13.7. The Hall–Kier alpha value is -3.79. The van der Waals surface area contributed by atoms with Crippen LogP contribution in [-0.2, 0) is 22.6 Å². The van der Waals surface area contributed by atoms with Gasteiger partial charge in [-0.15, -0.1) is 11.3 Å². The molecule has 0 N–H and O–H groups in total. The van der Waals surface area contributed by atoms with Gasteiger partial charge in [0, 0.05) is 51.4 Å². The van der Waals surface area contributed by atoms with Gasteiger partial charge in [0.1, 0.15) is 28.9 Å². The molecule has 3 heterocycles. The molecule has 1 fully saturated rings. The minimum atomic E-state index is -0.321. The molecule has 5 rings (SSSR count). The molecule has 39 heavy (non-hydrogen) atoms. The lowest BCUT2D eigenvalue weighted by Gasteiger charge is -2.38. The number of fused-ring (bicyclic) bond motifs is 1. The van der Waals surface area contributed by atoms with Gasteiger partial charge in [0.2, 0.25) is 11.8 Å². The first kappa shape index (κ1) is 26.8.